The van der Waals surface area contributed by atoms with Crippen molar-refractivity contribution in [3.8, 4) is 0 Å². The maximum atomic E-state index is 5.42. The third kappa shape index (κ3) is 2.95. The molecule has 0 saturated carbocycles. The van der Waals surface area contributed by atoms with Crippen LogP contribution in [0.2, 0.25) is 0 Å². The highest BCUT2D eigenvalue weighted by molar-refractivity contribution is 5.61. The first-order valence-corrected chi connectivity index (χ1v) is 6.31. The summed E-state index contributed by atoms with van der Waals surface area (Å²) in [5.74, 6) is 1.63. The Hall–Kier alpha value is -1.69. The molecule has 0 fully saturated rings. The van der Waals surface area contributed by atoms with Crippen LogP contribution >= 0.6 is 0 Å². The molecule has 0 atom stereocenters. The van der Waals surface area contributed by atoms with E-state index in [2.05, 4.69) is 27.4 Å². The summed E-state index contributed by atoms with van der Waals surface area (Å²) < 4.78 is 7.34. The molecule has 18 heavy (non-hydrogen) atoms. The van der Waals surface area contributed by atoms with Crippen molar-refractivity contribution in [3.63, 3.8) is 0 Å². The zero-order chi connectivity index (χ0) is 12.8. The van der Waals surface area contributed by atoms with Gasteiger partial charge in [-0.3, -0.25) is 4.40 Å². The van der Waals surface area contributed by atoms with E-state index in [1.54, 1.807) is 6.20 Å². The fourth-order valence-corrected chi connectivity index (χ4v) is 1.69. The molecule has 0 aromatic carbocycles. The molecule has 0 radical (unpaired) electrons. The third-order valence-electron chi connectivity index (χ3n) is 2.60. The van der Waals surface area contributed by atoms with Crippen LogP contribution in [-0.4, -0.2) is 39.3 Å². The molecule has 6 heteroatoms. The highest BCUT2D eigenvalue weighted by Gasteiger charge is 2.06. The zero-order valence-electron chi connectivity index (χ0n) is 10.9. The lowest BCUT2D eigenvalue weighted by Gasteiger charge is -2.06. The van der Waals surface area contributed by atoms with E-state index >= 15 is 0 Å². The number of rotatable bonds is 7. The van der Waals surface area contributed by atoms with Crippen LogP contribution in [0.25, 0.3) is 5.65 Å². The van der Waals surface area contributed by atoms with Crippen LogP contribution in [-0.2, 0) is 4.74 Å². The molecule has 2 aromatic rings. The summed E-state index contributed by atoms with van der Waals surface area (Å²) in [6.45, 7) is 6.45. The molecule has 0 aliphatic rings. The summed E-state index contributed by atoms with van der Waals surface area (Å²) >= 11 is 0. The fraction of sp³-hybridized carbons (Fsp3) is 0.583. The minimum Gasteiger partial charge on any atom is -0.381 e. The molecule has 2 aromatic heterocycles. The van der Waals surface area contributed by atoms with Crippen LogP contribution < -0.4 is 5.32 Å². The monoisotopic (exact) mass is 249 g/mol. The second kappa shape index (κ2) is 6.30. The topological polar surface area (TPSA) is 64.3 Å². The average Bonchev–Trinajstić information content (AvgIpc) is 2.77. The number of nitrogens with one attached hydrogen (secondary N) is 1. The van der Waals surface area contributed by atoms with Crippen molar-refractivity contribution in [2.45, 2.75) is 26.7 Å². The van der Waals surface area contributed by atoms with Crippen molar-refractivity contribution in [3.05, 3.63) is 18.2 Å². The van der Waals surface area contributed by atoms with E-state index in [-0.39, 0.29) is 0 Å². The fourth-order valence-electron chi connectivity index (χ4n) is 1.69. The maximum absolute atomic E-state index is 5.42. The number of hydrogen-bond donors (Lipinski definition) is 1. The number of nitrogens with zero attached hydrogens (tertiary/aromatic N) is 4. The van der Waals surface area contributed by atoms with Gasteiger partial charge in [0.1, 0.15) is 5.82 Å². The van der Waals surface area contributed by atoms with Gasteiger partial charge in [-0.1, -0.05) is 6.92 Å². The second-order valence-electron chi connectivity index (χ2n) is 4.11. The van der Waals surface area contributed by atoms with Gasteiger partial charge in [-0.25, -0.2) is 4.98 Å². The van der Waals surface area contributed by atoms with Crippen molar-refractivity contribution in [2.24, 2.45) is 0 Å². The van der Waals surface area contributed by atoms with E-state index in [9.17, 15) is 0 Å². The SMILES string of the molecule is CCCOCCCNc1nccn2c(C)nnc12. The van der Waals surface area contributed by atoms with E-state index in [4.69, 9.17) is 4.74 Å². The Balaban J connectivity index is 1.88. The quantitative estimate of drug-likeness (QED) is 0.756. The Morgan fingerprint density at radius 3 is 3.06 bits per heavy atom. The highest BCUT2D eigenvalue weighted by Crippen LogP contribution is 2.11. The minimum absolute atomic E-state index is 0.768. The van der Waals surface area contributed by atoms with Gasteiger partial charge in [-0.15, -0.1) is 10.2 Å². The van der Waals surface area contributed by atoms with E-state index in [1.807, 2.05) is 17.5 Å². The molecular weight excluding hydrogens is 230 g/mol. The molecule has 6 nitrogen and oxygen atoms in total. The van der Waals surface area contributed by atoms with Gasteiger partial charge in [-0.2, -0.15) is 0 Å². The molecule has 0 saturated heterocycles. The van der Waals surface area contributed by atoms with E-state index in [1.165, 1.54) is 0 Å². The summed E-state index contributed by atoms with van der Waals surface area (Å²) in [7, 11) is 0. The summed E-state index contributed by atoms with van der Waals surface area (Å²) in [6, 6.07) is 0. The molecule has 0 bridgehead atoms. The summed E-state index contributed by atoms with van der Waals surface area (Å²) in [5.41, 5.74) is 0.768. The van der Waals surface area contributed by atoms with Crippen molar-refractivity contribution in [1.29, 1.82) is 0 Å². The van der Waals surface area contributed by atoms with Crippen molar-refractivity contribution in [2.75, 3.05) is 25.1 Å². The van der Waals surface area contributed by atoms with E-state index in [0.29, 0.717) is 0 Å². The van der Waals surface area contributed by atoms with Crippen LogP contribution in [0.3, 0.4) is 0 Å². The molecule has 0 spiro atoms. The van der Waals surface area contributed by atoms with Gasteiger partial charge in [0.15, 0.2) is 5.82 Å². The van der Waals surface area contributed by atoms with Crippen LogP contribution in [0.15, 0.2) is 12.4 Å². The van der Waals surface area contributed by atoms with Gasteiger partial charge in [0.2, 0.25) is 5.65 Å². The summed E-state index contributed by atoms with van der Waals surface area (Å²) in [4.78, 5) is 4.28. The van der Waals surface area contributed by atoms with Gasteiger partial charge in [0.25, 0.3) is 0 Å². The Morgan fingerprint density at radius 1 is 1.33 bits per heavy atom. The van der Waals surface area contributed by atoms with Gasteiger partial charge in [-0.05, 0) is 19.8 Å². The normalized spacial score (nSPS) is 11.0. The summed E-state index contributed by atoms with van der Waals surface area (Å²) in [6.07, 6.45) is 5.63. The van der Waals surface area contributed by atoms with Crippen LogP contribution in [0.1, 0.15) is 25.6 Å². The third-order valence-corrected chi connectivity index (χ3v) is 2.60. The number of aromatic nitrogens is 4. The van der Waals surface area contributed by atoms with Crippen LogP contribution in [0.5, 0.6) is 0 Å². The zero-order valence-corrected chi connectivity index (χ0v) is 10.9. The van der Waals surface area contributed by atoms with Gasteiger partial charge in [0, 0.05) is 32.2 Å². The molecule has 0 aliphatic heterocycles. The molecular formula is C12H19N5O. The van der Waals surface area contributed by atoms with Crippen molar-refractivity contribution >= 4 is 11.5 Å². The van der Waals surface area contributed by atoms with E-state index < -0.39 is 0 Å². The molecule has 2 heterocycles. The molecule has 0 unspecified atom stereocenters. The maximum Gasteiger partial charge on any atom is 0.203 e. The van der Waals surface area contributed by atoms with Crippen molar-refractivity contribution in [1.82, 2.24) is 19.6 Å². The Morgan fingerprint density at radius 2 is 2.22 bits per heavy atom. The minimum atomic E-state index is 0.768. The average molecular weight is 249 g/mol. The Labute approximate surface area is 106 Å². The van der Waals surface area contributed by atoms with E-state index in [0.717, 1.165) is 49.9 Å². The van der Waals surface area contributed by atoms with Gasteiger partial charge in [0.05, 0.1) is 0 Å². The first kappa shape index (κ1) is 12.8. The largest absolute Gasteiger partial charge is 0.381 e. The smallest absolute Gasteiger partial charge is 0.203 e. The van der Waals surface area contributed by atoms with Gasteiger partial charge >= 0.3 is 0 Å². The Kier molecular flexibility index (Phi) is 4.46. The summed E-state index contributed by atoms with van der Waals surface area (Å²) in [5, 5.41) is 11.4. The second-order valence-corrected chi connectivity index (χ2v) is 4.11. The molecule has 0 amide bonds. The first-order valence-electron chi connectivity index (χ1n) is 6.31. The van der Waals surface area contributed by atoms with Crippen molar-refractivity contribution < 1.29 is 4.74 Å². The number of anilines is 1. The first-order chi connectivity index (χ1) is 8.83. The molecule has 2 rings (SSSR count). The lowest BCUT2D eigenvalue weighted by molar-refractivity contribution is 0.134. The number of aryl methyl sites for hydroxylation is 1. The predicted octanol–water partition coefficient (Wildman–Crippen LogP) is 1.66. The predicted molar refractivity (Wildman–Crippen MR) is 69.7 cm³/mol. The van der Waals surface area contributed by atoms with Crippen LogP contribution in [0, 0.1) is 6.92 Å². The van der Waals surface area contributed by atoms with Crippen LogP contribution in [0.4, 0.5) is 5.82 Å². The van der Waals surface area contributed by atoms with Gasteiger partial charge < -0.3 is 10.1 Å². The lowest BCUT2D eigenvalue weighted by atomic mass is 10.4. The number of hydrogen-bond acceptors (Lipinski definition) is 5. The number of fused-ring (bicyclic) bond motifs is 1. The standard InChI is InChI=1S/C12H19N5O/c1-3-8-18-9-4-5-13-11-12-16-15-10(2)17(12)7-6-14-11/h6-7H,3-5,8-9H2,1-2H3,(H,13,14). The molecule has 1 N–H and O–H groups in total. The Bertz CT molecular complexity index is 496. The molecule has 98 valence electrons. The highest BCUT2D eigenvalue weighted by atomic mass is 16.5. The lowest BCUT2D eigenvalue weighted by Crippen LogP contribution is -2.08. The number of ether oxygens (including phenoxy) is 1. The molecule has 0 aliphatic carbocycles.